The minimum atomic E-state index is -0.0214. The smallest absolute Gasteiger partial charge is 0.163 e. The highest BCUT2D eigenvalue weighted by Gasteiger charge is 2.31. The van der Waals surface area contributed by atoms with Crippen molar-refractivity contribution in [2.45, 2.75) is 6.42 Å². The number of nitrogens with zero attached hydrogens (tertiary/aromatic N) is 1. The Kier molecular flexibility index (Phi) is 2.65. The molecule has 14 heavy (non-hydrogen) atoms. The first kappa shape index (κ1) is 11.1. The summed E-state index contributed by atoms with van der Waals surface area (Å²) in [6, 6.07) is 3.33. The van der Waals surface area contributed by atoms with Crippen molar-refractivity contribution in [3.05, 3.63) is 17.7 Å². The van der Waals surface area contributed by atoms with Crippen LogP contribution < -0.4 is 16.9 Å². The van der Waals surface area contributed by atoms with Crippen LogP contribution in [-0.4, -0.2) is 30.9 Å². The number of rotatable bonds is 0. The first-order valence-corrected chi connectivity index (χ1v) is 4.39. The van der Waals surface area contributed by atoms with Gasteiger partial charge in [-0.3, -0.25) is 4.48 Å². The van der Waals surface area contributed by atoms with Gasteiger partial charge in [0.15, 0.2) is 11.5 Å². The van der Waals surface area contributed by atoms with Gasteiger partial charge in [0.2, 0.25) is 0 Å². The zero-order chi connectivity index (χ0) is 9.64. The molecule has 1 aliphatic heterocycles. The average Bonchev–Trinajstić information content (AvgIpc) is 2.31. The van der Waals surface area contributed by atoms with Gasteiger partial charge in [0.05, 0.1) is 20.6 Å². The standard InChI is InChI=1S/C10H13NO2.ClH/c1-11(2)4-3-7-5-9(12)10(13)6-8(7)11;/h5-6H,3-4H2,1-2H3,(H-,12,13);1H. The SMILES string of the molecule is C[N+]1(C)CCc2cc(O)c(O)cc21.[Cl-]. The van der Waals surface area contributed by atoms with Crippen LogP contribution in [0.5, 0.6) is 11.5 Å². The van der Waals surface area contributed by atoms with E-state index in [-0.39, 0.29) is 23.9 Å². The predicted molar refractivity (Wildman–Crippen MR) is 52.0 cm³/mol. The highest BCUT2D eigenvalue weighted by atomic mass is 35.5. The molecule has 0 saturated carbocycles. The number of fused-ring (bicyclic) bond motifs is 1. The monoisotopic (exact) mass is 215 g/mol. The van der Waals surface area contributed by atoms with Crippen LogP contribution >= 0.6 is 0 Å². The zero-order valence-corrected chi connectivity index (χ0v) is 9.04. The third-order valence-electron chi connectivity index (χ3n) is 2.77. The molecule has 1 heterocycles. The predicted octanol–water partition coefficient (Wildman–Crippen LogP) is -1.78. The number of hydrogen-bond acceptors (Lipinski definition) is 2. The van der Waals surface area contributed by atoms with E-state index in [0.29, 0.717) is 0 Å². The molecule has 0 radical (unpaired) electrons. The first-order valence-electron chi connectivity index (χ1n) is 4.39. The summed E-state index contributed by atoms with van der Waals surface area (Å²) in [5.41, 5.74) is 2.25. The number of aromatic hydroxyl groups is 2. The number of hydrogen-bond donors (Lipinski definition) is 2. The Balaban J connectivity index is 0.000000980. The van der Waals surface area contributed by atoms with Gasteiger partial charge >= 0.3 is 0 Å². The van der Waals surface area contributed by atoms with Crippen LogP contribution in [0.25, 0.3) is 0 Å². The fourth-order valence-corrected chi connectivity index (χ4v) is 1.89. The van der Waals surface area contributed by atoms with Gasteiger partial charge in [-0.15, -0.1) is 0 Å². The molecule has 1 aromatic rings. The van der Waals surface area contributed by atoms with Crippen LogP contribution in [0, 0.1) is 0 Å². The lowest BCUT2D eigenvalue weighted by molar-refractivity contribution is -0.00000462. The lowest BCUT2D eigenvalue weighted by Crippen LogP contribution is -3.00. The van der Waals surface area contributed by atoms with E-state index in [0.717, 1.165) is 28.7 Å². The van der Waals surface area contributed by atoms with Gasteiger partial charge in [-0.25, -0.2) is 0 Å². The maximum Gasteiger partial charge on any atom is 0.163 e. The maximum atomic E-state index is 9.36. The third-order valence-corrected chi connectivity index (χ3v) is 2.77. The minimum absolute atomic E-state index is 0. The Morgan fingerprint density at radius 1 is 1.14 bits per heavy atom. The summed E-state index contributed by atoms with van der Waals surface area (Å²) in [5, 5.41) is 18.7. The van der Waals surface area contributed by atoms with Crippen LogP contribution in [0.1, 0.15) is 5.56 Å². The molecular formula is C10H14ClNO2. The normalized spacial score (nSPS) is 17.3. The Labute approximate surface area is 89.6 Å². The molecule has 0 fully saturated rings. The molecular weight excluding hydrogens is 202 g/mol. The van der Waals surface area contributed by atoms with Crippen molar-refractivity contribution < 1.29 is 22.6 Å². The quantitative estimate of drug-likeness (QED) is 0.397. The summed E-state index contributed by atoms with van der Waals surface area (Å²) >= 11 is 0. The second-order valence-corrected chi connectivity index (χ2v) is 4.13. The highest BCUT2D eigenvalue weighted by Crippen LogP contribution is 2.39. The van der Waals surface area contributed by atoms with E-state index in [1.54, 1.807) is 12.1 Å². The lowest BCUT2D eigenvalue weighted by atomic mass is 10.1. The van der Waals surface area contributed by atoms with E-state index >= 15 is 0 Å². The van der Waals surface area contributed by atoms with E-state index in [2.05, 4.69) is 14.1 Å². The van der Waals surface area contributed by atoms with Crippen molar-refractivity contribution in [1.29, 1.82) is 0 Å². The van der Waals surface area contributed by atoms with Crippen molar-refractivity contribution >= 4 is 5.69 Å². The molecule has 0 spiro atoms. The van der Waals surface area contributed by atoms with Crippen LogP contribution in [0.2, 0.25) is 0 Å². The molecule has 0 aromatic heterocycles. The molecule has 0 saturated heterocycles. The topological polar surface area (TPSA) is 40.5 Å². The fourth-order valence-electron chi connectivity index (χ4n) is 1.89. The summed E-state index contributed by atoms with van der Waals surface area (Å²) in [5.74, 6) is -0.0347. The number of quaternary nitrogens is 1. The molecule has 3 nitrogen and oxygen atoms in total. The van der Waals surface area contributed by atoms with Gasteiger partial charge in [0, 0.05) is 18.1 Å². The lowest BCUT2D eigenvalue weighted by Gasteiger charge is -2.23. The van der Waals surface area contributed by atoms with E-state index in [1.165, 1.54) is 0 Å². The van der Waals surface area contributed by atoms with Crippen LogP contribution in [-0.2, 0) is 6.42 Å². The molecule has 0 amide bonds. The number of likely N-dealkylation sites (N-methyl/N-ethyl adjacent to an activating group) is 1. The largest absolute Gasteiger partial charge is 1.00 e. The summed E-state index contributed by atoms with van der Waals surface area (Å²) in [4.78, 5) is 0. The molecule has 1 aliphatic rings. The number of phenolic OH excluding ortho intramolecular Hbond substituents is 2. The van der Waals surface area contributed by atoms with Crippen molar-refractivity contribution in [2.75, 3.05) is 20.6 Å². The Bertz CT molecular complexity index is 363. The van der Waals surface area contributed by atoms with Gasteiger partial charge < -0.3 is 22.6 Å². The van der Waals surface area contributed by atoms with Gasteiger partial charge in [-0.2, -0.15) is 0 Å². The average molecular weight is 216 g/mol. The summed E-state index contributed by atoms with van der Waals surface area (Å²) in [7, 11) is 4.20. The fraction of sp³-hybridized carbons (Fsp3) is 0.400. The molecule has 78 valence electrons. The van der Waals surface area contributed by atoms with E-state index in [1.807, 2.05) is 0 Å². The Hall–Kier alpha value is -0.930. The number of halogens is 1. The third kappa shape index (κ3) is 1.53. The molecule has 4 heteroatoms. The van der Waals surface area contributed by atoms with Crippen molar-refractivity contribution in [3.63, 3.8) is 0 Å². The maximum absolute atomic E-state index is 9.36. The summed E-state index contributed by atoms with van der Waals surface area (Å²) in [6.07, 6.45) is 0.968. The summed E-state index contributed by atoms with van der Waals surface area (Å²) < 4.78 is 0.781. The highest BCUT2D eigenvalue weighted by molar-refractivity contribution is 5.61. The van der Waals surface area contributed by atoms with Crippen LogP contribution in [0.3, 0.4) is 0 Å². The van der Waals surface area contributed by atoms with Crippen molar-refractivity contribution in [3.8, 4) is 11.5 Å². The first-order chi connectivity index (χ1) is 6.00. The van der Waals surface area contributed by atoms with E-state index in [9.17, 15) is 10.2 Å². The molecule has 0 aliphatic carbocycles. The second kappa shape index (κ2) is 3.33. The van der Waals surface area contributed by atoms with Crippen LogP contribution in [0.15, 0.2) is 12.1 Å². The molecule has 0 unspecified atom stereocenters. The van der Waals surface area contributed by atoms with Crippen molar-refractivity contribution in [1.82, 2.24) is 4.48 Å². The van der Waals surface area contributed by atoms with Gasteiger partial charge in [0.1, 0.15) is 5.69 Å². The number of phenols is 2. The number of benzene rings is 1. The van der Waals surface area contributed by atoms with E-state index < -0.39 is 0 Å². The molecule has 0 atom stereocenters. The van der Waals surface area contributed by atoms with Gasteiger partial charge in [-0.05, 0) is 6.07 Å². The second-order valence-electron chi connectivity index (χ2n) is 4.13. The van der Waals surface area contributed by atoms with Gasteiger partial charge in [-0.1, -0.05) is 0 Å². The Morgan fingerprint density at radius 2 is 1.71 bits per heavy atom. The van der Waals surface area contributed by atoms with E-state index in [4.69, 9.17) is 0 Å². The summed E-state index contributed by atoms with van der Waals surface area (Å²) in [6.45, 7) is 1.03. The Morgan fingerprint density at radius 3 is 2.36 bits per heavy atom. The van der Waals surface area contributed by atoms with Gasteiger partial charge in [0.25, 0.3) is 0 Å². The van der Waals surface area contributed by atoms with Crippen molar-refractivity contribution in [2.24, 2.45) is 0 Å². The molecule has 0 bridgehead atoms. The van der Waals surface area contributed by atoms with Crippen LogP contribution in [0.4, 0.5) is 5.69 Å². The zero-order valence-electron chi connectivity index (χ0n) is 8.29. The molecule has 2 rings (SSSR count). The minimum Gasteiger partial charge on any atom is -1.00 e. The molecule has 2 N–H and O–H groups in total. The molecule has 1 aromatic carbocycles.